The third-order valence-corrected chi connectivity index (χ3v) is 3.58. The van der Waals surface area contributed by atoms with Crippen molar-refractivity contribution in [2.75, 3.05) is 26.2 Å². The Morgan fingerprint density at radius 1 is 1.36 bits per heavy atom. The van der Waals surface area contributed by atoms with Crippen LogP contribution in [0.15, 0.2) is 12.3 Å². The third-order valence-electron chi connectivity index (χ3n) is 3.58. The van der Waals surface area contributed by atoms with E-state index in [-0.39, 0.29) is 5.41 Å². The molecule has 2 saturated heterocycles. The summed E-state index contributed by atoms with van der Waals surface area (Å²) in [7, 11) is 0. The second-order valence-corrected chi connectivity index (χ2v) is 4.41. The highest BCUT2D eigenvalue weighted by molar-refractivity contribution is 5.86. The van der Waals surface area contributed by atoms with Crippen LogP contribution in [0.3, 0.4) is 0 Å². The van der Waals surface area contributed by atoms with Crippen molar-refractivity contribution in [3.8, 4) is 0 Å². The summed E-state index contributed by atoms with van der Waals surface area (Å²) in [6, 6.07) is 0. The Bertz CT molecular complexity index is 294. The van der Waals surface area contributed by atoms with Gasteiger partial charge in [0.15, 0.2) is 0 Å². The summed E-state index contributed by atoms with van der Waals surface area (Å²) in [5.41, 5.74) is -0.0734. The van der Waals surface area contributed by atoms with E-state index in [2.05, 4.69) is 10.3 Å². The fourth-order valence-corrected chi connectivity index (χ4v) is 2.73. The van der Waals surface area contributed by atoms with Crippen LogP contribution < -0.4 is 5.32 Å². The van der Waals surface area contributed by atoms with Gasteiger partial charge in [-0.2, -0.15) is 0 Å². The Kier molecular flexibility index (Phi) is 1.69. The van der Waals surface area contributed by atoms with Gasteiger partial charge in [-0.1, -0.05) is 6.08 Å². The Morgan fingerprint density at radius 3 is 2.86 bits per heavy atom. The van der Waals surface area contributed by atoms with Crippen LogP contribution in [0.5, 0.6) is 0 Å². The van der Waals surface area contributed by atoms with Crippen LogP contribution >= 0.6 is 0 Å². The lowest BCUT2D eigenvalue weighted by Crippen LogP contribution is -2.43. The van der Waals surface area contributed by atoms with Gasteiger partial charge in [-0.15, -0.1) is 0 Å². The van der Waals surface area contributed by atoms with Gasteiger partial charge in [0.2, 0.25) is 5.91 Å². The van der Waals surface area contributed by atoms with Crippen LogP contribution in [0, 0.1) is 5.41 Å². The van der Waals surface area contributed by atoms with E-state index in [4.69, 9.17) is 0 Å². The Balaban J connectivity index is 1.88. The van der Waals surface area contributed by atoms with Crippen LogP contribution in [-0.2, 0) is 4.79 Å². The molecule has 1 spiro atoms. The van der Waals surface area contributed by atoms with Crippen LogP contribution in [0.2, 0.25) is 0 Å². The van der Waals surface area contributed by atoms with Gasteiger partial charge < -0.3 is 5.32 Å². The molecule has 0 aromatic heterocycles. The summed E-state index contributed by atoms with van der Waals surface area (Å²) in [6.45, 7) is 3.79. The highest BCUT2D eigenvalue weighted by Crippen LogP contribution is 2.39. The van der Waals surface area contributed by atoms with Crippen molar-refractivity contribution in [1.29, 1.82) is 0 Å². The molecule has 4 nitrogen and oxygen atoms in total. The molecule has 0 saturated carbocycles. The summed E-state index contributed by atoms with van der Waals surface area (Å²) in [5, 5.41) is 7.27. The van der Waals surface area contributed by atoms with Crippen LogP contribution in [0.1, 0.15) is 12.8 Å². The number of nitrogens with one attached hydrogen (secondary N) is 1. The highest BCUT2D eigenvalue weighted by Gasteiger charge is 2.51. The summed E-state index contributed by atoms with van der Waals surface area (Å²) >= 11 is 0. The standard InChI is InChI=1S/C10H15N3O/c14-9-10(2-4-11-5-3-10)8-12-6-1-7-13(9)12/h1,7,11H,2-6,8H2. The van der Waals surface area contributed by atoms with Gasteiger partial charge in [0.25, 0.3) is 0 Å². The van der Waals surface area contributed by atoms with Crippen molar-refractivity contribution in [2.24, 2.45) is 5.41 Å². The fraction of sp³-hybridized carbons (Fsp3) is 0.700. The molecule has 0 aromatic rings. The molecule has 0 bridgehead atoms. The number of piperidine rings is 1. The Hall–Kier alpha value is -0.870. The summed E-state index contributed by atoms with van der Waals surface area (Å²) in [6.07, 6.45) is 5.95. The number of hydrazine groups is 1. The first kappa shape index (κ1) is 8.44. The van der Waals surface area contributed by atoms with Crippen molar-refractivity contribution < 1.29 is 4.79 Å². The first-order chi connectivity index (χ1) is 6.82. The van der Waals surface area contributed by atoms with Gasteiger partial charge in [0.1, 0.15) is 0 Å². The molecule has 14 heavy (non-hydrogen) atoms. The molecular weight excluding hydrogens is 178 g/mol. The number of hydrogen-bond acceptors (Lipinski definition) is 3. The van der Waals surface area contributed by atoms with Crippen molar-refractivity contribution in [1.82, 2.24) is 15.3 Å². The molecule has 4 heteroatoms. The van der Waals surface area contributed by atoms with E-state index in [0.29, 0.717) is 5.91 Å². The largest absolute Gasteiger partial charge is 0.317 e. The van der Waals surface area contributed by atoms with Crippen LogP contribution in [0.25, 0.3) is 0 Å². The fourth-order valence-electron chi connectivity index (χ4n) is 2.73. The normalized spacial score (nSPS) is 30.3. The number of carbonyl (C=O) groups excluding carboxylic acids is 1. The monoisotopic (exact) mass is 193 g/mol. The average molecular weight is 193 g/mol. The molecule has 0 radical (unpaired) electrons. The van der Waals surface area contributed by atoms with E-state index >= 15 is 0 Å². The van der Waals surface area contributed by atoms with Gasteiger partial charge >= 0.3 is 0 Å². The number of carbonyl (C=O) groups is 1. The third kappa shape index (κ3) is 0.980. The van der Waals surface area contributed by atoms with Gasteiger partial charge in [-0.3, -0.25) is 4.79 Å². The molecule has 2 fully saturated rings. The first-order valence-corrected chi connectivity index (χ1v) is 5.28. The Morgan fingerprint density at radius 2 is 2.14 bits per heavy atom. The predicted octanol–water partition coefficient (Wildman–Crippen LogP) is -0.0573. The van der Waals surface area contributed by atoms with Crippen molar-refractivity contribution in [3.05, 3.63) is 12.3 Å². The summed E-state index contributed by atoms with van der Waals surface area (Å²) in [4.78, 5) is 12.2. The van der Waals surface area contributed by atoms with E-state index in [1.165, 1.54) is 0 Å². The van der Waals surface area contributed by atoms with E-state index < -0.39 is 0 Å². The second kappa shape index (κ2) is 2.81. The van der Waals surface area contributed by atoms with Gasteiger partial charge in [-0.25, -0.2) is 10.0 Å². The minimum atomic E-state index is -0.0734. The maximum absolute atomic E-state index is 12.2. The number of amides is 1. The van der Waals surface area contributed by atoms with Crippen molar-refractivity contribution >= 4 is 5.91 Å². The molecule has 0 aromatic carbocycles. The molecule has 0 atom stereocenters. The quantitative estimate of drug-likeness (QED) is 0.585. The minimum Gasteiger partial charge on any atom is -0.317 e. The number of nitrogens with zero attached hydrogens (tertiary/aromatic N) is 2. The van der Waals surface area contributed by atoms with Crippen molar-refractivity contribution in [2.45, 2.75) is 12.8 Å². The van der Waals surface area contributed by atoms with E-state index in [0.717, 1.165) is 39.0 Å². The lowest BCUT2D eigenvalue weighted by molar-refractivity contribution is -0.138. The first-order valence-electron chi connectivity index (χ1n) is 5.28. The zero-order valence-corrected chi connectivity index (χ0v) is 8.20. The molecular formula is C10H15N3O. The topological polar surface area (TPSA) is 35.6 Å². The van der Waals surface area contributed by atoms with Crippen LogP contribution in [0.4, 0.5) is 0 Å². The van der Waals surface area contributed by atoms with Crippen molar-refractivity contribution in [3.63, 3.8) is 0 Å². The number of fused-ring (bicyclic) bond motifs is 1. The zero-order chi connectivity index (χ0) is 9.60. The molecule has 1 N–H and O–H groups in total. The van der Waals surface area contributed by atoms with Gasteiger partial charge in [0.05, 0.1) is 5.41 Å². The molecule has 3 rings (SSSR count). The van der Waals surface area contributed by atoms with E-state index in [9.17, 15) is 4.79 Å². The van der Waals surface area contributed by atoms with Gasteiger partial charge in [-0.05, 0) is 25.9 Å². The van der Waals surface area contributed by atoms with E-state index in [1.54, 1.807) is 0 Å². The van der Waals surface area contributed by atoms with Crippen LogP contribution in [-0.4, -0.2) is 42.1 Å². The van der Waals surface area contributed by atoms with E-state index in [1.807, 2.05) is 17.3 Å². The molecule has 3 aliphatic heterocycles. The zero-order valence-electron chi connectivity index (χ0n) is 8.20. The minimum absolute atomic E-state index is 0.0734. The molecule has 3 aliphatic rings. The average Bonchev–Trinajstić information content (AvgIpc) is 2.73. The molecule has 3 heterocycles. The summed E-state index contributed by atoms with van der Waals surface area (Å²) in [5.74, 6) is 0.313. The molecule has 1 amide bonds. The lowest BCUT2D eigenvalue weighted by atomic mass is 9.79. The number of hydrogen-bond donors (Lipinski definition) is 1. The highest BCUT2D eigenvalue weighted by atomic mass is 16.2. The maximum Gasteiger partial charge on any atom is 0.248 e. The lowest BCUT2D eigenvalue weighted by Gasteiger charge is -2.30. The molecule has 76 valence electrons. The molecule has 0 unspecified atom stereocenters. The molecule has 0 aliphatic carbocycles. The Labute approximate surface area is 83.5 Å². The second-order valence-electron chi connectivity index (χ2n) is 4.41. The SMILES string of the molecule is O=C1N2C=CCN2CC12CCNCC2. The smallest absolute Gasteiger partial charge is 0.248 e. The van der Waals surface area contributed by atoms with Gasteiger partial charge in [0, 0.05) is 19.3 Å². The predicted molar refractivity (Wildman–Crippen MR) is 52.1 cm³/mol. The maximum atomic E-state index is 12.2. The summed E-state index contributed by atoms with van der Waals surface area (Å²) < 4.78 is 0. The number of rotatable bonds is 0.